The molecule has 84 valence electrons. The van der Waals surface area contributed by atoms with Crippen LogP contribution in [0.3, 0.4) is 0 Å². The van der Waals surface area contributed by atoms with Gasteiger partial charge in [0.15, 0.2) is 0 Å². The van der Waals surface area contributed by atoms with Crippen molar-refractivity contribution in [2.75, 3.05) is 0 Å². The van der Waals surface area contributed by atoms with E-state index in [4.69, 9.17) is 0 Å². The van der Waals surface area contributed by atoms with Gasteiger partial charge in [0.25, 0.3) is 0 Å². The number of carbonyl (C=O) groups is 2. The van der Waals surface area contributed by atoms with Gasteiger partial charge in [-0.3, -0.25) is 9.59 Å². The Morgan fingerprint density at radius 1 is 1.47 bits per heavy atom. The van der Waals surface area contributed by atoms with E-state index in [-0.39, 0.29) is 29.3 Å². The van der Waals surface area contributed by atoms with Crippen LogP contribution >= 0.6 is 0 Å². The van der Waals surface area contributed by atoms with Gasteiger partial charge in [-0.05, 0) is 31.6 Å². The molecule has 0 heterocycles. The highest BCUT2D eigenvalue weighted by Gasteiger charge is 2.39. The average Bonchev–Trinajstić information content (AvgIpc) is 1.99. The van der Waals surface area contributed by atoms with Crippen molar-refractivity contribution < 1.29 is 9.59 Å². The van der Waals surface area contributed by atoms with Gasteiger partial charge < -0.3 is 0 Å². The highest BCUT2D eigenvalue weighted by molar-refractivity contribution is 6.00. The smallest absolute Gasteiger partial charge is 0.147 e. The first-order chi connectivity index (χ1) is 6.84. The quantitative estimate of drug-likeness (QED) is 0.528. The van der Waals surface area contributed by atoms with Gasteiger partial charge in [0, 0.05) is 5.92 Å². The van der Waals surface area contributed by atoms with Crippen LogP contribution in [-0.4, -0.2) is 11.6 Å². The molecule has 1 fully saturated rings. The molecule has 0 amide bonds. The normalized spacial score (nSPS) is 25.0. The van der Waals surface area contributed by atoms with E-state index >= 15 is 0 Å². The van der Waals surface area contributed by atoms with E-state index in [1.165, 1.54) is 6.92 Å². The van der Waals surface area contributed by atoms with Gasteiger partial charge in [-0.25, -0.2) is 0 Å². The summed E-state index contributed by atoms with van der Waals surface area (Å²) in [6.45, 7) is 9.65. The van der Waals surface area contributed by atoms with Gasteiger partial charge in [-0.2, -0.15) is 0 Å². The summed E-state index contributed by atoms with van der Waals surface area (Å²) in [6.07, 6.45) is 3.14. The molecule has 2 heteroatoms. The fraction of sp³-hybridized carbons (Fsp3) is 0.692. The van der Waals surface area contributed by atoms with Gasteiger partial charge in [0.05, 0.1) is 6.42 Å². The zero-order valence-electron chi connectivity index (χ0n) is 9.93. The summed E-state index contributed by atoms with van der Waals surface area (Å²) in [5.74, 6) is -0.110. The molecule has 1 rings (SSSR count). The molecule has 1 atom stereocenters. The van der Waals surface area contributed by atoms with Crippen molar-refractivity contribution in [2.24, 2.45) is 11.3 Å². The van der Waals surface area contributed by atoms with Crippen LogP contribution in [0.4, 0.5) is 0 Å². The molecule has 0 bridgehead atoms. The minimum Gasteiger partial charge on any atom is -0.300 e. The van der Waals surface area contributed by atoms with Crippen molar-refractivity contribution in [3.8, 4) is 0 Å². The molecule has 0 aromatic rings. The lowest BCUT2D eigenvalue weighted by molar-refractivity contribution is -0.130. The molecule has 1 aliphatic carbocycles. The van der Waals surface area contributed by atoms with E-state index in [2.05, 4.69) is 20.4 Å². The number of ketones is 2. The van der Waals surface area contributed by atoms with Crippen LogP contribution in [-0.2, 0) is 9.59 Å². The number of carbonyl (C=O) groups excluding carboxylic acids is 2. The number of hydrogen-bond donors (Lipinski definition) is 0. The fourth-order valence-corrected chi connectivity index (χ4v) is 2.62. The topological polar surface area (TPSA) is 34.1 Å². The van der Waals surface area contributed by atoms with Crippen LogP contribution in [0, 0.1) is 11.3 Å². The molecule has 15 heavy (non-hydrogen) atoms. The maximum atomic E-state index is 12.0. The number of allylic oxidation sites excluding steroid dienone is 1. The predicted molar refractivity (Wildman–Crippen MR) is 60.6 cm³/mol. The van der Waals surface area contributed by atoms with Crippen LogP contribution in [0.5, 0.6) is 0 Å². The Morgan fingerprint density at radius 3 is 2.53 bits per heavy atom. The zero-order chi connectivity index (χ0) is 11.6. The number of rotatable bonds is 3. The molecule has 0 radical (unpaired) electrons. The Balaban J connectivity index is 2.83. The molecule has 2 nitrogen and oxygen atoms in total. The van der Waals surface area contributed by atoms with Crippen LogP contribution < -0.4 is 0 Å². The van der Waals surface area contributed by atoms with Crippen molar-refractivity contribution >= 4 is 11.6 Å². The summed E-state index contributed by atoms with van der Waals surface area (Å²) in [7, 11) is 0. The van der Waals surface area contributed by atoms with Crippen molar-refractivity contribution in [2.45, 2.75) is 46.5 Å². The second kappa shape index (κ2) is 4.30. The van der Waals surface area contributed by atoms with Crippen LogP contribution in [0.25, 0.3) is 0 Å². The highest BCUT2D eigenvalue weighted by Crippen LogP contribution is 2.43. The molecule has 1 unspecified atom stereocenters. The minimum absolute atomic E-state index is 0.0259. The van der Waals surface area contributed by atoms with E-state index in [9.17, 15) is 9.59 Å². The summed E-state index contributed by atoms with van der Waals surface area (Å²) in [6, 6.07) is 0. The molecule has 0 aliphatic heterocycles. The molecular formula is C13H20O2. The van der Waals surface area contributed by atoms with Gasteiger partial charge in [-0.1, -0.05) is 26.0 Å². The van der Waals surface area contributed by atoms with Crippen LogP contribution in [0.2, 0.25) is 0 Å². The van der Waals surface area contributed by atoms with Crippen LogP contribution in [0.1, 0.15) is 46.5 Å². The third-order valence-corrected chi connectivity index (χ3v) is 3.25. The fourth-order valence-electron chi connectivity index (χ4n) is 2.62. The Bertz CT molecular complexity index is 300. The number of hydrogen-bond acceptors (Lipinski definition) is 2. The third kappa shape index (κ3) is 2.77. The maximum Gasteiger partial charge on any atom is 0.147 e. The van der Waals surface area contributed by atoms with E-state index in [1.807, 2.05) is 0 Å². The summed E-state index contributed by atoms with van der Waals surface area (Å²) in [5, 5.41) is 0. The molecule has 1 saturated carbocycles. The predicted octanol–water partition coefficient (Wildman–Crippen LogP) is 2.92. The van der Waals surface area contributed by atoms with Gasteiger partial charge >= 0.3 is 0 Å². The average molecular weight is 208 g/mol. The molecule has 0 spiro atoms. The van der Waals surface area contributed by atoms with Gasteiger partial charge in [-0.15, -0.1) is 0 Å². The first-order valence-corrected chi connectivity index (χ1v) is 5.54. The second-order valence-corrected chi connectivity index (χ2v) is 5.28. The van der Waals surface area contributed by atoms with Crippen molar-refractivity contribution in [1.29, 1.82) is 0 Å². The SMILES string of the molecule is C=C1CCCC(C)(C)C1C(=O)CC(C)=O. The molecule has 0 saturated heterocycles. The highest BCUT2D eigenvalue weighted by atomic mass is 16.1. The zero-order valence-corrected chi connectivity index (χ0v) is 9.93. The lowest BCUT2D eigenvalue weighted by Crippen LogP contribution is -2.36. The van der Waals surface area contributed by atoms with E-state index in [0.717, 1.165) is 24.8 Å². The summed E-state index contributed by atoms with van der Waals surface area (Å²) in [5.41, 5.74) is 0.986. The molecular weight excluding hydrogens is 188 g/mol. The lowest BCUT2D eigenvalue weighted by Gasteiger charge is -2.39. The molecule has 0 aromatic heterocycles. The summed E-state index contributed by atoms with van der Waals surface area (Å²) < 4.78 is 0. The molecule has 0 aromatic carbocycles. The van der Waals surface area contributed by atoms with Gasteiger partial charge in [0.1, 0.15) is 11.6 Å². The third-order valence-electron chi connectivity index (χ3n) is 3.25. The van der Waals surface area contributed by atoms with Crippen molar-refractivity contribution in [1.82, 2.24) is 0 Å². The van der Waals surface area contributed by atoms with Crippen molar-refractivity contribution in [3.05, 3.63) is 12.2 Å². The van der Waals surface area contributed by atoms with E-state index in [0.29, 0.717) is 0 Å². The maximum absolute atomic E-state index is 12.0. The summed E-state index contributed by atoms with van der Waals surface area (Å²) >= 11 is 0. The largest absolute Gasteiger partial charge is 0.300 e. The van der Waals surface area contributed by atoms with Gasteiger partial charge in [0.2, 0.25) is 0 Å². The van der Waals surface area contributed by atoms with E-state index < -0.39 is 0 Å². The Kier molecular flexibility index (Phi) is 3.48. The minimum atomic E-state index is -0.116. The Hall–Kier alpha value is -0.920. The Labute approximate surface area is 91.7 Å². The Morgan fingerprint density at radius 2 is 2.07 bits per heavy atom. The van der Waals surface area contributed by atoms with Crippen LogP contribution in [0.15, 0.2) is 12.2 Å². The lowest BCUT2D eigenvalue weighted by atomic mass is 9.64. The molecule has 0 N–H and O–H groups in total. The van der Waals surface area contributed by atoms with Crippen molar-refractivity contribution in [3.63, 3.8) is 0 Å². The standard InChI is InChI=1S/C13H20O2/c1-9-6-5-7-13(3,4)12(9)11(15)8-10(2)14/h12H,1,5-8H2,2-4H3. The second-order valence-electron chi connectivity index (χ2n) is 5.28. The molecule has 1 aliphatic rings. The first kappa shape index (κ1) is 12.2. The first-order valence-electron chi connectivity index (χ1n) is 5.54. The monoisotopic (exact) mass is 208 g/mol. The number of Topliss-reactive ketones (excluding diaryl/α,β-unsaturated/α-hetero) is 2. The summed E-state index contributed by atoms with van der Waals surface area (Å²) in [4.78, 5) is 22.9. The van der Waals surface area contributed by atoms with E-state index in [1.54, 1.807) is 0 Å².